The fraction of sp³-hybridized carbons (Fsp3) is 0.600. The second-order valence-corrected chi connectivity index (χ2v) is 5.53. The van der Waals surface area contributed by atoms with Gasteiger partial charge >= 0.3 is 0 Å². The van der Waals surface area contributed by atoms with Gasteiger partial charge in [0, 0.05) is 25.0 Å². The second kappa shape index (κ2) is 4.79. The Kier molecular flexibility index (Phi) is 3.17. The van der Waals surface area contributed by atoms with Gasteiger partial charge in [0.2, 0.25) is 0 Å². The van der Waals surface area contributed by atoms with Gasteiger partial charge in [0.15, 0.2) is 0 Å². The minimum atomic E-state index is 0.492. The van der Waals surface area contributed by atoms with Crippen LogP contribution in [0.2, 0.25) is 0 Å². The van der Waals surface area contributed by atoms with Gasteiger partial charge in [-0.1, -0.05) is 30.3 Å². The topological polar surface area (TPSA) is 15.3 Å². The van der Waals surface area contributed by atoms with Crippen molar-refractivity contribution in [3.8, 4) is 0 Å². The summed E-state index contributed by atoms with van der Waals surface area (Å²) in [4.78, 5) is 2.65. The van der Waals surface area contributed by atoms with E-state index in [4.69, 9.17) is 0 Å². The van der Waals surface area contributed by atoms with Crippen molar-refractivity contribution in [2.45, 2.75) is 24.7 Å². The molecule has 0 bridgehead atoms. The van der Waals surface area contributed by atoms with Crippen molar-refractivity contribution in [2.24, 2.45) is 0 Å². The highest BCUT2D eigenvalue weighted by molar-refractivity contribution is 5.31. The van der Waals surface area contributed by atoms with E-state index in [0.717, 1.165) is 6.54 Å². The third-order valence-electron chi connectivity index (χ3n) is 4.20. The lowest BCUT2D eigenvalue weighted by atomic mass is 9.95. The Morgan fingerprint density at radius 3 is 2.65 bits per heavy atom. The Hall–Kier alpha value is -0.860. The summed E-state index contributed by atoms with van der Waals surface area (Å²) in [6.07, 6.45) is 4.05. The van der Waals surface area contributed by atoms with Crippen molar-refractivity contribution in [1.29, 1.82) is 0 Å². The molecule has 2 heteroatoms. The van der Waals surface area contributed by atoms with E-state index in [-0.39, 0.29) is 0 Å². The van der Waals surface area contributed by atoms with Crippen LogP contribution in [-0.4, -0.2) is 37.6 Å². The summed E-state index contributed by atoms with van der Waals surface area (Å²) >= 11 is 0. The summed E-state index contributed by atoms with van der Waals surface area (Å²) in [7, 11) is 0. The van der Waals surface area contributed by atoms with Gasteiger partial charge in [-0.2, -0.15) is 0 Å². The molecule has 0 unspecified atom stereocenters. The van der Waals surface area contributed by atoms with Gasteiger partial charge in [0.05, 0.1) is 0 Å². The molecule has 1 N–H and O–H groups in total. The molecule has 1 aromatic carbocycles. The van der Waals surface area contributed by atoms with Crippen molar-refractivity contribution < 1.29 is 0 Å². The Labute approximate surface area is 104 Å². The van der Waals surface area contributed by atoms with E-state index >= 15 is 0 Å². The van der Waals surface area contributed by atoms with Crippen molar-refractivity contribution in [1.82, 2.24) is 10.2 Å². The first-order chi connectivity index (χ1) is 8.39. The molecule has 0 radical (unpaired) electrons. The molecule has 1 aliphatic carbocycles. The van der Waals surface area contributed by atoms with E-state index < -0.39 is 0 Å². The van der Waals surface area contributed by atoms with Crippen LogP contribution in [0, 0.1) is 0 Å². The van der Waals surface area contributed by atoms with Gasteiger partial charge in [-0.3, -0.25) is 0 Å². The molecule has 1 saturated carbocycles. The average molecular weight is 230 g/mol. The quantitative estimate of drug-likeness (QED) is 0.854. The molecule has 1 heterocycles. The van der Waals surface area contributed by atoms with Crippen LogP contribution in [0.4, 0.5) is 0 Å². The summed E-state index contributed by atoms with van der Waals surface area (Å²) in [6.45, 7) is 6.09. The number of nitrogens with zero attached hydrogens (tertiary/aromatic N) is 1. The van der Waals surface area contributed by atoms with Crippen LogP contribution in [0.1, 0.15) is 24.8 Å². The molecule has 92 valence electrons. The smallest absolute Gasteiger partial charge is 0.0107 e. The minimum absolute atomic E-state index is 0.492. The average Bonchev–Trinajstić information content (AvgIpc) is 3.17. The monoisotopic (exact) mass is 230 g/mol. The van der Waals surface area contributed by atoms with E-state index in [1.54, 1.807) is 5.56 Å². The summed E-state index contributed by atoms with van der Waals surface area (Å²) < 4.78 is 0. The van der Waals surface area contributed by atoms with Crippen LogP contribution in [0.3, 0.4) is 0 Å². The second-order valence-electron chi connectivity index (χ2n) is 5.53. The van der Waals surface area contributed by atoms with Crippen LogP contribution in [0.15, 0.2) is 30.3 Å². The molecule has 1 saturated heterocycles. The maximum atomic E-state index is 3.48. The maximum Gasteiger partial charge on any atom is 0.0107 e. The predicted octanol–water partition coefficient (Wildman–Crippen LogP) is 2.01. The zero-order chi connectivity index (χ0) is 11.6. The molecule has 2 fully saturated rings. The highest BCUT2D eigenvalue weighted by atomic mass is 15.2. The zero-order valence-corrected chi connectivity index (χ0v) is 10.5. The summed E-state index contributed by atoms with van der Waals surface area (Å²) in [5, 5.41) is 3.48. The Balaban J connectivity index is 1.68. The summed E-state index contributed by atoms with van der Waals surface area (Å²) in [5.74, 6) is 0. The van der Waals surface area contributed by atoms with E-state index in [0.29, 0.717) is 5.41 Å². The van der Waals surface area contributed by atoms with Gasteiger partial charge in [-0.15, -0.1) is 0 Å². The molecular formula is C15H22N2. The van der Waals surface area contributed by atoms with Crippen molar-refractivity contribution in [3.63, 3.8) is 0 Å². The third kappa shape index (κ3) is 2.53. The Morgan fingerprint density at radius 2 is 1.88 bits per heavy atom. The van der Waals surface area contributed by atoms with E-state index in [1.807, 2.05) is 0 Å². The lowest BCUT2D eigenvalue weighted by molar-refractivity contribution is 0.265. The zero-order valence-electron chi connectivity index (χ0n) is 10.5. The molecule has 17 heavy (non-hydrogen) atoms. The standard InChI is InChI=1S/C15H22N2/c1-2-5-14(6-3-1)15(7-8-15)13-17-11-4-9-16-10-12-17/h1-3,5-6,16H,4,7-13H2. The van der Waals surface area contributed by atoms with Gasteiger partial charge in [-0.25, -0.2) is 0 Å². The molecule has 2 nitrogen and oxygen atoms in total. The molecule has 0 amide bonds. The van der Waals surface area contributed by atoms with Crippen LogP contribution in [0.25, 0.3) is 0 Å². The fourth-order valence-electron chi connectivity index (χ4n) is 2.97. The highest BCUT2D eigenvalue weighted by Gasteiger charge is 2.45. The van der Waals surface area contributed by atoms with Gasteiger partial charge < -0.3 is 10.2 Å². The highest BCUT2D eigenvalue weighted by Crippen LogP contribution is 2.48. The molecular weight excluding hydrogens is 208 g/mol. The first-order valence-corrected chi connectivity index (χ1v) is 6.88. The molecule has 0 aromatic heterocycles. The minimum Gasteiger partial charge on any atom is -0.315 e. The third-order valence-corrected chi connectivity index (χ3v) is 4.20. The number of rotatable bonds is 3. The Morgan fingerprint density at radius 1 is 1.06 bits per heavy atom. The number of hydrogen-bond donors (Lipinski definition) is 1. The molecule has 0 spiro atoms. The molecule has 3 rings (SSSR count). The first-order valence-electron chi connectivity index (χ1n) is 6.88. The molecule has 1 aliphatic heterocycles. The van der Waals surface area contributed by atoms with Crippen LogP contribution in [0.5, 0.6) is 0 Å². The van der Waals surface area contributed by atoms with Crippen molar-refractivity contribution >= 4 is 0 Å². The van der Waals surface area contributed by atoms with E-state index in [2.05, 4.69) is 40.5 Å². The number of hydrogen-bond acceptors (Lipinski definition) is 2. The lowest BCUT2D eigenvalue weighted by Gasteiger charge is -2.26. The maximum absolute atomic E-state index is 3.48. The SMILES string of the molecule is c1ccc(C2(CN3CCCNCC3)CC2)cc1. The van der Waals surface area contributed by atoms with Gasteiger partial charge in [0.25, 0.3) is 0 Å². The first kappa shape index (κ1) is 11.2. The summed E-state index contributed by atoms with van der Waals surface area (Å²) in [6, 6.07) is 11.1. The Bertz CT molecular complexity index is 348. The van der Waals surface area contributed by atoms with Crippen LogP contribution >= 0.6 is 0 Å². The summed E-state index contributed by atoms with van der Waals surface area (Å²) in [5.41, 5.74) is 2.04. The van der Waals surface area contributed by atoms with Gasteiger partial charge in [-0.05, 0) is 37.9 Å². The van der Waals surface area contributed by atoms with Crippen molar-refractivity contribution in [2.75, 3.05) is 32.7 Å². The largest absolute Gasteiger partial charge is 0.315 e. The number of nitrogens with one attached hydrogen (secondary N) is 1. The molecule has 1 aromatic rings. The van der Waals surface area contributed by atoms with Crippen LogP contribution in [-0.2, 0) is 5.41 Å². The van der Waals surface area contributed by atoms with Crippen LogP contribution < -0.4 is 5.32 Å². The normalized spacial score (nSPS) is 24.2. The van der Waals surface area contributed by atoms with Gasteiger partial charge in [0.1, 0.15) is 0 Å². The fourth-order valence-corrected chi connectivity index (χ4v) is 2.97. The molecule has 0 atom stereocenters. The lowest BCUT2D eigenvalue weighted by Crippen LogP contribution is -2.35. The predicted molar refractivity (Wildman–Crippen MR) is 71.3 cm³/mol. The van der Waals surface area contributed by atoms with E-state index in [1.165, 1.54) is 45.4 Å². The van der Waals surface area contributed by atoms with Crippen molar-refractivity contribution in [3.05, 3.63) is 35.9 Å². The van der Waals surface area contributed by atoms with E-state index in [9.17, 15) is 0 Å². The number of benzene rings is 1. The molecule has 2 aliphatic rings.